The number of hydrogen-bond acceptors (Lipinski definition) is 2. The van der Waals surface area contributed by atoms with E-state index in [2.05, 4.69) is 24.0 Å². The monoisotopic (exact) mass is 217 g/mol. The average molecular weight is 217 g/mol. The molecule has 16 heavy (non-hydrogen) atoms. The van der Waals surface area contributed by atoms with Gasteiger partial charge in [0.1, 0.15) is 0 Å². The number of hydrogen-bond donors (Lipinski definition) is 0. The zero-order valence-electron chi connectivity index (χ0n) is 9.86. The molecule has 0 amide bonds. The van der Waals surface area contributed by atoms with Gasteiger partial charge in [0.15, 0.2) is 5.78 Å². The van der Waals surface area contributed by atoms with Gasteiger partial charge in [-0.1, -0.05) is 24.6 Å². The molecule has 1 aliphatic carbocycles. The summed E-state index contributed by atoms with van der Waals surface area (Å²) in [5, 5.41) is 0. The Balaban J connectivity index is 2.18. The Bertz CT molecular complexity index is 347. The molecule has 0 unspecified atom stereocenters. The normalized spacial score (nSPS) is 20.8. The van der Waals surface area contributed by atoms with Crippen molar-refractivity contribution < 1.29 is 4.79 Å². The number of rotatable bonds is 3. The van der Waals surface area contributed by atoms with Crippen molar-refractivity contribution in [2.45, 2.75) is 38.6 Å². The zero-order valence-corrected chi connectivity index (χ0v) is 9.86. The fourth-order valence-electron chi connectivity index (χ4n) is 2.50. The molecule has 0 bridgehead atoms. The van der Waals surface area contributed by atoms with Gasteiger partial charge in [-0.2, -0.15) is 0 Å². The highest BCUT2D eigenvalue weighted by Gasteiger charge is 2.27. The minimum atomic E-state index is 0.112. The molecule has 2 nitrogen and oxygen atoms in total. The first-order valence-electron chi connectivity index (χ1n) is 6.17. The Labute approximate surface area is 97.3 Å². The molecule has 1 atom stereocenters. The quantitative estimate of drug-likeness (QED) is 0.775. The Morgan fingerprint density at radius 1 is 1.25 bits per heavy atom. The predicted octanol–water partition coefficient (Wildman–Crippen LogP) is 3.02. The summed E-state index contributed by atoms with van der Waals surface area (Å²) in [5.41, 5.74) is 1.17. The largest absolute Gasteiger partial charge is 0.362 e. The molecule has 1 aliphatic rings. The van der Waals surface area contributed by atoms with Crippen LogP contribution in [-0.4, -0.2) is 18.4 Å². The van der Waals surface area contributed by atoms with Gasteiger partial charge in [-0.05, 0) is 31.9 Å². The second-order valence-electron chi connectivity index (χ2n) is 4.35. The van der Waals surface area contributed by atoms with E-state index in [1.807, 2.05) is 18.2 Å². The molecule has 2 rings (SSSR count). The Kier molecular flexibility index (Phi) is 3.60. The van der Waals surface area contributed by atoms with Crippen molar-refractivity contribution in [1.29, 1.82) is 0 Å². The second kappa shape index (κ2) is 5.15. The molecular formula is C14H19NO. The van der Waals surface area contributed by atoms with Crippen LogP contribution in [0.4, 0.5) is 5.69 Å². The van der Waals surface area contributed by atoms with E-state index in [4.69, 9.17) is 0 Å². The maximum absolute atomic E-state index is 11.9. The van der Waals surface area contributed by atoms with E-state index in [-0.39, 0.29) is 6.04 Å². The zero-order chi connectivity index (χ0) is 11.4. The van der Waals surface area contributed by atoms with Crippen molar-refractivity contribution in [2.75, 3.05) is 11.4 Å². The van der Waals surface area contributed by atoms with Gasteiger partial charge in [-0.15, -0.1) is 0 Å². The lowest BCUT2D eigenvalue weighted by atomic mass is 9.92. The first-order chi connectivity index (χ1) is 7.83. The van der Waals surface area contributed by atoms with Gasteiger partial charge in [0.2, 0.25) is 0 Å². The third kappa shape index (κ3) is 2.26. The predicted molar refractivity (Wildman–Crippen MR) is 66.7 cm³/mol. The number of likely N-dealkylation sites (N-methyl/N-ethyl adjacent to an activating group) is 1. The summed E-state index contributed by atoms with van der Waals surface area (Å²) in [7, 11) is 0. The van der Waals surface area contributed by atoms with E-state index in [1.54, 1.807) is 0 Å². The maximum atomic E-state index is 11.9. The summed E-state index contributed by atoms with van der Waals surface area (Å²) in [4.78, 5) is 14.2. The lowest BCUT2D eigenvalue weighted by Crippen LogP contribution is -2.43. The molecule has 1 saturated carbocycles. The molecule has 0 aromatic heterocycles. The second-order valence-corrected chi connectivity index (χ2v) is 4.35. The van der Waals surface area contributed by atoms with Crippen molar-refractivity contribution >= 4 is 11.5 Å². The number of carbonyl (C=O) groups excluding carboxylic acids is 1. The van der Waals surface area contributed by atoms with Gasteiger partial charge >= 0.3 is 0 Å². The van der Waals surface area contributed by atoms with Gasteiger partial charge in [0.25, 0.3) is 0 Å². The highest BCUT2D eigenvalue weighted by atomic mass is 16.1. The van der Waals surface area contributed by atoms with E-state index in [0.717, 1.165) is 25.8 Å². The van der Waals surface area contributed by atoms with Gasteiger partial charge in [-0.3, -0.25) is 4.79 Å². The number of para-hydroxylation sites is 1. The number of nitrogens with zero attached hydrogens (tertiary/aromatic N) is 1. The summed E-state index contributed by atoms with van der Waals surface area (Å²) in [6.45, 7) is 3.02. The van der Waals surface area contributed by atoms with Gasteiger partial charge in [0, 0.05) is 18.7 Å². The van der Waals surface area contributed by atoms with Crippen LogP contribution in [0.1, 0.15) is 32.6 Å². The van der Waals surface area contributed by atoms with Crippen molar-refractivity contribution in [2.24, 2.45) is 0 Å². The maximum Gasteiger partial charge on any atom is 0.155 e. The Hall–Kier alpha value is -1.31. The molecule has 0 radical (unpaired) electrons. The van der Waals surface area contributed by atoms with E-state index in [9.17, 15) is 4.79 Å². The molecular weight excluding hydrogens is 198 g/mol. The Morgan fingerprint density at radius 3 is 2.62 bits per heavy atom. The summed E-state index contributed by atoms with van der Waals surface area (Å²) < 4.78 is 0. The van der Waals surface area contributed by atoms with E-state index in [0.29, 0.717) is 5.78 Å². The molecule has 1 aromatic carbocycles. The van der Waals surface area contributed by atoms with Crippen LogP contribution in [0.15, 0.2) is 30.3 Å². The summed E-state index contributed by atoms with van der Waals surface area (Å²) in [6.07, 6.45) is 4.02. The minimum absolute atomic E-state index is 0.112. The standard InChI is InChI=1S/C14H19NO/c1-2-15(12-8-4-3-5-9-12)13-10-6-7-11-14(13)16/h3-5,8-9,13H,2,6-7,10-11H2,1H3/t13-/m1/s1. The molecule has 1 aromatic rings. The minimum Gasteiger partial charge on any atom is -0.362 e. The molecule has 0 saturated heterocycles. The Morgan fingerprint density at radius 2 is 2.00 bits per heavy atom. The number of ketones is 1. The van der Waals surface area contributed by atoms with E-state index in [1.165, 1.54) is 12.1 Å². The van der Waals surface area contributed by atoms with Crippen LogP contribution in [0.3, 0.4) is 0 Å². The smallest absolute Gasteiger partial charge is 0.155 e. The molecule has 2 heteroatoms. The van der Waals surface area contributed by atoms with Crippen LogP contribution < -0.4 is 4.90 Å². The van der Waals surface area contributed by atoms with Gasteiger partial charge in [-0.25, -0.2) is 0 Å². The molecule has 0 heterocycles. The molecule has 1 fully saturated rings. The first kappa shape index (κ1) is 11.2. The molecule has 0 aliphatic heterocycles. The highest BCUT2D eigenvalue weighted by Crippen LogP contribution is 2.24. The van der Waals surface area contributed by atoms with Crippen molar-refractivity contribution in [3.05, 3.63) is 30.3 Å². The average Bonchev–Trinajstić information content (AvgIpc) is 2.34. The van der Waals surface area contributed by atoms with Crippen LogP contribution >= 0.6 is 0 Å². The number of Topliss-reactive ketones (excluding diaryl/α,β-unsaturated/α-hetero) is 1. The fourth-order valence-corrected chi connectivity index (χ4v) is 2.50. The number of carbonyl (C=O) groups is 1. The fraction of sp³-hybridized carbons (Fsp3) is 0.500. The lowest BCUT2D eigenvalue weighted by molar-refractivity contribution is -0.121. The summed E-state index contributed by atoms with van der Waals surface area (Å²) >= 11 is 0. The topological polar surface area (TPSA) is 20.3 Å². The number of benzene rings is 1. The van der Waals surface area contributed by atoms with Crippen molar-refractivity contribution in [3.8, 4) is 0 Å². The third-order valence-corrected chi connectivity index (χ3v) is 3.33. The van der Waals surface area contributed by atoms with Crippen molar-refractivity contribution in [3.63, 3.8) is 0 Å². The number of anilines is 1. The molecule has 86 valence electrons. The van der Waals surface area contributed by atoms with Gasteiger partial charge < -0.3 is 4.90 Å². The van der Waals surface area contributed by atoms with Crippen LogP contribution in [0.5, 0.6) is 0 Å². The lowest BCUT2D eigenvalue weighted by Gasteiger charge is -2.34. The van der Waals surface area contributed by atoms with Crippen LogP contribution in [0, 0.1) is 0 Å². The van der Waals surface area contributed by atoms with Gasteiger partial charge in [0.05, 0.1) is 6.04 Å². The van der Waals surface area contributed by atoms with Crippen molar-refractivity contribution in [1.82, 2.24) is 0 Å². The van der Waals surface area contributed by atoms with Crippen LogP contribution in [-0.2, 0) is 4.79 Å². The molecule has 0 N–H and O–H groups in total. The third-order valence-electron chi connectivity index (χ3n) is 3.33. The van der Waals surface area contributed by atoms with E-state index >= 15 is 0 Å². The van der Waals surface area contributed by atoms with E-state index < -0.39 is 0 Å². The molecule has 0 spiro atoms. The SMILES string of the molecule is CCN(c1ccccc1)[C@@H]1CCCCC1=O. The summed E-state index contributed by atoms with van der Waals surface area (Å²) in [6, 6.07) is 10.4. The first-order valence-corrected chi connectivity index (χ1v) is 6.17. The van der Waals surface area contributed by atoms with Crippen LogP contribution in [0.2, 0.25) is 0 Å². The van der Waals surface area contributed by atoms with Crippen LogP contribution in [0.25, 0.3) is 0 Å². The highest BCUT2D eigenvalue weighted by molar-refractivity contribution is 5.87. The summed E-state index contributed by atoms with van der Waals surface area (Å²) in [5.74, 6) is 0.414.